The van der Waals surface area contributed by atoms with Crippen LogP contribution in [0.1, 0.15) is 110 Å². The van der Waals surface area contributed by atoms with Crippen LogP contribution in [0.4, 0.5) is 4.79 Å². The summed E-state index contributed by atoms with van der Waals surface area (Å²) in [6, 6.07) is 5.00. The number of carbonyl (C=O) groups is 2. The number of hydrogen-bond donors (Lipinski definition) is 2. The maximum absolute atomic E-state index is 13.1. The molecule has 1 heterocycles. The van der Waals surface area contributed by atoms with E-state index in [2.05, 4.69) is 47.9 Å². The molecule has 0 spiro atoms. The van der Waals surface area contributed by atoms with E-state index in [4.69, 9.17) is 9.47 Å². The number of unbranched alkanes of at least 4 members (excludes halogenated alkanes) is 6. The molecule has 2 N–H and O–H groups in total. The van der Waals surface area contributed by atoms with Gasteiger partial charge in [-0.15, -0.1) is 0 Å². The van der Waals surface area contributed by atoms with Gasteiger partial charge >= 0.3 is 12.0 Å². The lowest BCUT2D eigenvalue weighted by Gasteiger charge is -2.31. The average Bonchev–Trinajstić information content (AvgIpc) is 2.86. The van der Waals surface area contributed by atoms with Crippen LogP contribution in [0.5, 0.6) is 5.75 Å². The number of allylic oxidation sites excluding steroid dienone is 5. The summed E-state index contributed by atoms with van der Waals surface area (Å²) in [6.07, 6.45) is 20.0. The Kier molecular flexibility index (Phi) is 14.4. The van der Waals surface area contributed by atoms with E-state index in [1.54, 1.807) is 6.92 Å². The maximum Gasteiger partial charge on any atom is 0.338 e. The van der Waals surface area contributed by atoms with Crippen molar-refractivity contribution >= 4 is 12.0 Å². The van der Waals surface area contributed by atoms with Crippen molar-refractivity contribution in [1.82, 2.24) is 10.6 Å². The molecule has 0 fully saturated rings. The van der Waals surface area contributed by atoms with Crippen LogP contribution in [0.2, 0.25) is 0 Å². The molecule has 0 saturated carbocycles. The molecule has 0 aliphatic carbocycles. The van der Waals surface area contributed by atoms with Gasteiger partial charge in [-0.25, -0.2) is 9.59 Å². The fraction of sp³-hybridized carbons (Fsp3) is 0.562. The molecule has 1 aromatic rings. The van der Waals surface area contributed by atoms with Gasteiger partial charge < -0.3 is 20.1 Å². The predicted molar refractivity (Wildman–Crippen MR) is 155 cm³/mol. The minimum atomic E-state index is -0.628. The van der Waals surface area contributed by atoms with Crippen molar-refractivity contribution in [1.29, 1.82) is 0 Å². The third kappa shape index (κ3) is 10.4. The summed E-state index contributed by atoms with van der Waals surface area (Å²) in [7, 11) is 0. The van der Waals surface area contributed by atoms with Crippen LogP contribution in [-0.4, -0.2) is 24.7 Å². The van der Waals surface area contributed by atoms with Gasteiger partial charge in [0.15, 0.2) is 0 Å². The van der Waals surface area contributed by atoms with E-state index in [1.165, 1.54) is 32.1 Å². The minimum absolute atomic E-state index is 0.263. The average molecular weight is 525 g/mol. The van der Waals surface area contributed by atoms with Gasteiger partial charge in [0.05, 0.1) is 24.3 Å². The van der Waals surface area contributed by atoms with Crippen molar-refractivity contribution in [2.45, 2.75) is 111 Å². The zero-order valence-corrected chi connectivity index (χ0v) is 24.1. The van der Waals surface area contributed by atoms with Crippen molar-refractivity contribution in [2.24, 2.45) is 0 Å². The van der Waals surface area contributed by atoms with Crippen LogP contribution in [-0.2, 0) is 16.0 Å². The highest BCUT2D eigenvalue weighted by molar-refractivity contribution is 5.95. The molecule has 210 valence electrons. The third-order valence-electron chi connectivity index (χ3n) is 6.45. The summed E-state index contributed by atoms with van der Waals surface area (Å²) in [5, 5.41) is 5.69. The summed E-state index contributed by atoms with van der Waals surface area (Å²) in [5.74, 6) is 0.259. The molecule has 1 aliphatic rings. The highest BCUT2D eigenvalue weighted by Gasteiger charge is 2.35. The Morgan fingerprint density at radius 1 is 1.00 bits per heavy atom. The Morgan fingerprint density at radius 2 is 1.71 bits per heavy atom. The number of urea groups is 1. The van der Waals surface area contributed by atoms with Crippen LogP contribution < -0.4 is 15.4 Å². The second-order valence-corrected chi connectivity index (χ2v) is 10.1. The molecule has 0 radical (unpaired) electrons. The standard InChI is InChI=1S/C32H48N2O4/c1-6-8-9-10-11-12-13-14-15-16-17-18-19-21-26-22-20-23-27(37-7-2)29(26)30-28(31(35)38-24(3)4)25(5)33-32(36)34-30/h9-10,12-13,20,22-24,30H,6-8,11,14-19,21H2,1-5H3,(H2,33,34,36)/b10-9+,13-12+. The Hall–Kier alpha value is -3.02. The lowest BCUT2D eigenvalue weighted by Crippen LogP contribution is -2.46. The number of benzene rings is 1. The molecule has 38 heavy (non-hydrogen) atoms. The zero-order valence-electron chi connectivity index (χ0n) is 24.1. The number of ether oxygens (including phenoxy) is 2. The van der Waals surface area contributed by atoms with Gasteiger partial charge in [-0.1, -0.05) is 69.0 Å². The fourth-order valence-electron chi connectivity index (χ4n) is 4.66. The fourth-order valence-corrected chi connectivity index (χ4v) is 4.66. The quantitative estimate of drug-likeness (QED) is 0.124. The number of carbonyl (C=O) groups excluding carboxylic acids is 2. The predicted octanol–water partition coefficient (Wildman–Crippen LogP) is 7.85. The molecule has 1 aromatic carbocycles. The van der Waals surface area contributed by atoms with Crippen molar-refractivity contribution in [2.75, 3.05) is 6.61 Å². The third-order valence-corrected chi connectivity index (χ3v) is 6.45. The van der Waals surface area contributed by atoms with Crippen LogP contribution >= 0.6 is 0 Å². The monoisotopic (exact) mass is 524 g/mol. The maximum atomic E-state index is 13.1. The van der Waals surface area contributed by atoms with Crippen LogP contribution in [0, 0.1) is 0 Å². The summed E-state index contributed by atoms with van der Waals surface area (Å²) in [6.45, 7) is 10.0. The number of esters is 1. The molecule has 6 heteroatoms. The summed E-state index contributed by atoms with van der Waals surface area (Å²) in [5.41, 5.74) is 2.86. The normalized spacial score (nSPS) is 15.8. The van der Waals surface area contributed by atoms with Crippen molar-refractivity contribution in [3.8, 4) is 5.75 Å². The Labute approximate surface area is 229 Å². The van der Waals surface area contributed by atoms with Gasteiger partial charge in [0.2, 0.25) is 0 Å². The van der Waals surface area contributed by atoms with Crippen LogP contribution in [0.3, 0.4) is 0 Å². The highest BCUT2D eigenvalue weighted by Crippen LogP contribution is 2.37. The van der Waals surface area contributed by atoms with Gasteiger partial charge in [0.25, 0.3) is 0 Å². The van der Waals surface area contributed by atoms with Crippen molar-refractivity contribution in [3.63, 3.8) is 0 Å². The molecular weight excluding hydrogens is 476 g/mol. The van der Waals surface area contributed by atoms with E-state index in [0.717, 1.165) is 43.2 Å². The lowest BCUT2D eigenvalue weighted by molar-refractivity contribution is -0.143. The van der Waals surface area contributed by atoms with Gasteiger partial charge in [0, 0.05) is 11.3 Å². The Bertz CT molecular complexity index is 978. The molecule has 2 amide bonds. The first-order valence-corrected chi connectivity index (χ1v) is 14.4. The first-order valence-electron chi connectivity index (χ1n) is 14.4. The first-order chi connectivity index (χ1) is 18.4. The van der Waals surface area contributed by atoms with Gasteiger partial charge in [-0.2, -0.15) is 0 Å². The van der Waals surface area contributed by atoms with Crippen molar-refractivity contribution in [3.05, 3.63) is 64.9 Å². The van der Waals surface area contributed by atoms with Gasteiger partial charge in [-0.3, -0.25) is 0 Å². The first kappa shape index (κ1) is 31.2. The largest absolute Gasteiger partial charge is 0.493 e. The van der Waals surface area contributed by atoms with E-state index >= 15 is 0 Å². The molecule has 6 nitrogen and oxygen atoms in total. The van der Waals surface area contributed by atoms with Crippen LogP contribution in [0.25, 0.3) is 0 Å². The number of amides is 2. The topological polar surface area (TPSA) is 76.7 Å². The van der Waals surface area contributed by atoms with E-state index in [1.807, 2.05) is 32.9 Å². The van der Waals surface area contributed by atoms with E-state index in [9.17, 15) is 9.59 Å². The number of rotatable bonds is 17. The molecule has 0 aromatic heterocycles. The second kappa shape index (κ2) is 17.5. The summed E-state index contributed by atoms with van der Waals surface area (Å²) in [4.78, 5) is 25.5. The highest BCUT2D eigenvalue weighted by atomic mass is 16.5. The minimum Gasteiger partial charge on any atom is -0.493 e. The zero-order chi connectivity index (χ0) is 27.8. The van der Waals surface area contributed by atoms with E-state index < -0.39 is 12.0 Å². The van der Waals surface area contributed by atoms with Gasteiger partial charge in [0.1, 0.15) is 5.75 Å². The number of hydrogen-bond acceptors (Lipinski definition) is 4. The summed E-state index contributed by atoms with van der Waals surface area (Å²) >= 11 is 0. The summed E-state index contributed by atoms with van der Waals surface area (Å²) < 4.78 is 11.5. The lowest BCUT2D eigenvalue weighted by atomic mass is 9.89. The Balaban J connectivity index is 2.02. The van der Waals surface area contributed by atoms with Crippen LogP contribution in [0.15, 0.2) is 53.8 Å². The van der Waals surface area contributed by atoms with E-state index in [-0.39, 0.29) is 12.1 Å². The molecule has 2 rings (SSSR count). The molecular formula is C32H48N2O4. The second-order valence-electron chi connectivity index (χ2n) is 10.1. The molecule has 1 unspecified atom stereocenters. The van der Waals surface area contributed by atoms with E-state index in [0.29, 0.717) is 23.6 Å². The van der Waals surface area contributed by atoms with Gasteiger partial charge in [-0.05, 0) is 77.8 Å². The molecule has 1 aliphatic heterocycles. The molecule has 1 atom stereocenters. The molecule has 0 saturated heterocycles. The Morgan fingerprint density at radius 3 is 2.42 bits per heavy atom. The smallest absolute Gasteiger partial charge is 0.338 e. The molecule has 0 bridgehead atoms. The number of nitrogens with one attached hydrogen (secondary N) is 2. The number of aryl methyl sites for hydroxylation is 1. The SMILES string of the molecule is CCC/C=C/C/C=C/CCCCCCCc1cccc(OCC)c1C1NC(=O)NC(C)=C1C(=O)OC(C)C. The van der Waals surface area contributed by atoms with Crippen molar-refractivity contribution < 1.29 is 19.1 Å².